The first-order valence-corrected chi connectivity index (χ1v) is 7.69. The molecule has 110 valence electrons. The first-order chi connectivity index (χ1) is 9.65. The van der Waals surface area contributed by atoms with Crippen LogP contribution in [-0.4, -0.2) is 36.5 Å². The summed E-state index contributed by atoms with van der Waals surface area (Å²) in [7, 11) is 0. The van der Waals surface area contributed by atoms with Crippen LogP contribution in [0.4, 0.5) is 0 Å². The van der Waals surface area contributed by atoms with Crippen LogP contribution in [0.1, 0.15) is 44.6 Å². The normalized spacial score (nSPS) is 21.4. The summed E-state index contributed by atoms with van der Waals surface area (Å²) in [5.74, 6) is 0.687. The Labute approximate surface area is 122 Å². The van der Waals surface area contributed by atoms with Gasteiger partial charge in [0.25, 0.3) is 0 Å². The number of likely N-dealkylation sites (tertiary alicyclic amines) is 1. The number of benzene rings is 1. The first-order valence-electron chi connectivity index (χ1n) is 7.69. The molecule has 1 aromatic rings. The number of carbonyl (C=O) groups excluding carboxylic acids is 1. The van der Waals surface area contributed by atoms with Gasteiger partial charge in [-0.05, 0) is 43.8 Å². The second-order valence-corrected chi connectivity index (χ2v) is 5.94. The van der Waals surface area contributed by atoms with Gasteiger partial charge in [-0.25, -0.2) is 0 Å². The molecule has 1 fully saturated rings. The molecule has 2 rings (SSSR count). The van der Waals surface area contributed by atoms with Crippen LogP contribution in [0.15, 0.2) is 30.3 Å². The summed E-state index contributed by atoms with van der Waals surface area (Å²) in [4.78, 5) is 13.6. The highest BCUT2D eigenvalue weighted by Crippen LogP contribution is 2.20. The average molecular weight is 274 g/mol. The van der Waals surface area contributed by atoms with Crippen molar-refractivity contribution in [2.45, 2.75) is 45.1 Å². The fraction of sp³-hybridized carbons (Fsp3) is 0.588. The van der Waals surface area contributed by atoms with E-state index in [2.05, 4.69) is 47.5 Å². The van der Waals surface area contributed by atoms with Crippen molar-refractivity contribution < 1.29 is 4.79 Å². The maximum Gasteiger partial charge on any atom is 0.217 e. The van der Waals surface area contributed by atoms with Crippen LogP contribution in [0.5, 0.6) is 0 Å². The molecule has 1 saturated heterocycles. The Hall–Kier alpha value is -1.35. The third-order valence-electron chi connectivity index (χ3n) is 4.16. The molecule has 3 heteroatoms. The van der Waals surface area contributed by atoms with Crippen molar-refractivity contribution in [3.05, 3.63) is 35.9 Å². The summed E-state index contributed by atoms with van der Waals surface area (Å²) in [5.41, 5.74) is 1.42. The van der Waals surface area contributed by atoms with Gasteiger partial charge in [0, 0.05) is 19.5 Å². The number of piperidine rings is 1. The van der Waals surface area contributed by atoms with E-state index in [1.54, 1.807) is 6.92 Å². The molecular weight excluding hydrogens is 248 g/mol. The molecular formula is C17H26N2O. The minimum atomic E-state index is 0.0921. The summed E-state index contributed by atoms with van der Waals surface area (Å²) in [6, 6.07) is 11.0. The molecule has 1 amide bonds. The third-order valence-corrected chi connectivity index (χ3v) is 4.16. The highest BCUT2D eigenvalue weighted by Gasteiger charge is 2.20. The quantitative estimate of drug-likeness (QED) is 0.895. The SMILES string of the molecule is CC(=O)NC1CCCN(CCC(C)c2ccccc2)C1. The van der Waals surface area contributed by atoms with Gasteiger partial charge in [0.05, 0.1) is 0 Å². The first kappa shape index (κ1) is 15.0. The fourth-order valence-electron chi connectivity index (χ4n) is 2.99. The van der Waals surface area contributed by atoms with Crippen molar-refractivity contribution in [1.29, 1.82) is 0 Å². The van der Waals surface area contributed by atoms with E-state index in [9.17, 15) is 4.79 Å². The minimum Gasteiger partial charge on any atom is -0.352 e. The average Bonchev–Trinajstić information content (AvgIpc) is 2.45. The summed E-state index contributed by atoms with van der Waals surface area (Å²) >= 11 is 0. The molecule has 0 spiro atoms. The van der Waals surface area contributed by atoms with Crippen LogP contribution in [0.25, 0.3) is 0 Å². The fourth-order valence-corrected chi connectivity index (χ4v) is 2.99. The van der Waals surface area contributed by atoms with Crippen LogP contribution in [-0.2, 0) is 4.79 Å². The number of hydrogen-bond donors (Lipinski definition) is 1. The van der Waals surface area contributed by atoms with Gasteiger partial charge >= 0.3 is 0 Å². The van der Waals surface area contributed by atoms with Gasteiger partial charge in [-0.1, -0.05) is 37.3 Å². The van der Waals surface area contributed by atoms with Crippen LogP contribution in [0.3, 0.4) is 0 Å². The van der Waals surface area contributed by atoms with Gasteiger partial charge in [-0.3, -0.25) is 4.79 Å². The Morgan fingerprint density at radius 1 is 1.40 bits per heavy atom. The molecule has 1 heterocycles. The lowest BCUT2D eigenvalue weighted by Gasteiger charge is -2.33. The van der Waals surface area contributed by atoms with Crippen LogP contribution < -0.4 is 5.32 Å². The Bertz CT molecular complexity index is 418. The van der Waals surface area contributed by atoms with Gasteiger partial charge in [0.15, 0.2) is 0 Å². The Kier molecular flexibility index (Phi) is 5.60. The molecule has 1 N–H and O–H groups in total. The number of carbonyl (C=O) groups is 1. The highest BCUT2D eigenvalue weighted by atomic mass is 16.1. The maximum absolute atomic E-state index is 11.1. The van der Waals surface area contributed by atoms with E-state index in [4.69, 9.17) is 0 Å². The van der Waals surface area contributed by atoms with Crippen molar-refractivity contribution in [3.63, 3.8) is 0 Å². The maximum atomic E-state index is 11.1. The third kappa shape index (κ3) is 4.64. The van der Waals surface area contributed by atoms with Gasteiger partial charge in [-0.2, -0.15) is 0 Å². The van der Waals surface area contributed by atoms with Crippen LogP contribution in [0.2, 0.25) is 0 Å². The van der Waals surface area contributed by atoms with E-state index < -0.39 is 0 Å². The van der Waals surface area contributed by atoms with Crippen molar-refractivity contribution in [1.82, 2.24) is 10.2 Å². The van der Waals surface area contributed by atoms with Crippen molar-refractivity contribution in [2.24, 2.45) is 0 Å². The summed E-state index contributed by atoms with van der Waals surface area (Å²) in [6.07, 6.45) is 3.48. The number of hydrogen-bond acceptors (Lipinski definition) is 2. The van der Waals surface area contributed by atoms with Crippen LogP contribution in [0, 0.1) is 0 Å². The lowest BCUT2D eigenvalue weighted by Crippen LogP contribution is -2.47. The second-order valence-electron chi connectivity index (χ2n) is 5.94. The standard InChI is InChI=1S/C17H26N2O/c1-14(16-7-4-3-5-8-16)10-12-19-11-6-9-17(13-19)18-15(2)20/h3-5,7-8,14,17H,6,9-13H2,1-2H3,(H,18,20). The molecule has 1 aromatic carbocycles. The zero-order chi connectivity index (χ0) is 14.4. The van der Waals surface area contributed by atoms with E-state index in [0.717, 1.165) is 26.1 Å². The Morgan fingerprint density at radius 3 is 2.85 bits per heavy atom. The summed E-state index contributed by atoms with van der Waals surface area (Å²) in [6.45, 7) is 7.19. The zero-order valence-electron chi connectivity index (χ0n) is 12.6. The van der Waals surface area contributed by atoms with Gasteiger partial charge in [0.1, 0.15) is 0 Å². The number of nitrogens with one attached hydrogen (secondary N) is 1. The molecule has 1 aliphatic rings. The van der Waals surface area contributed by atoms with Gasteiger partial charge in [0.2, 0.25) is 5.91 Å². The molecule has 1 aliphatic heterocycles. The summed E-state index contributed by atoms with van der Waals surface area (Å²) < 4.78 is 0. The summed E-state index contributed by atoms with van der Waals surface area (Å²) in [5, 5.41) is 3.05. The minimum absolute atomic E-state index is 0.0921. The predicted octanol–water partition coefficient (Wildman–Crippen LogP) is 2.78. The van der Waals surface area contributed by atoms with Crippen LogP contribution >= 0.6 is 0 Å². The topological polar surface area (TPSA) is 32.3 Å². The van der Waals surface area contributed by atoms with Gasteiger partial charge in [-0.15, -0.1) is 0 Å². The molecule has 0 radical (unpaired) electrons. The van der Waals surface area contributed by atoms with E-state index in [1.165, 1.54) is 18.4 Å². The molecule has 20 heavy (non-hydrogen) atoms. The zero-order valence-corrected chi connectivity index (χ0v) is 12.6. The van der Waals surface area contributed by atoms with E-state index in [1.807, 2.05) is 0 Å². The van der Waals surface area contributed by atoms with E-state index in [0.29, 0.717) is 12.0 Å². The molecule has 2 unspecified atom stereocenters. The molecule has 0 aliphatic carbocycles. The molecule has 0 saturated carbocycles. The van der Waals surface area contributed by atoms with Gasteiger partial charge < -0.3 is 10.2 Å². The molecule has 0 bridgehead atoms. The Morgan fingerprint density at radius 2 is 2.15 bits per heavy atom. The van der Waals surface area contributed by atoms with Crippen molar-refractivity contribution >= 4 is 5.91 Å². The second kappa shape index (κ2) is 7.44. The predicted molar refractivity (Wildman–Crippen MR) is 82.8 cm³/mol. The Balaban J connectivity index is 1.77. The highest BCUT2D eigenvalue weighted by molar-refractivity contribution is 5.73. The lowest BCUT2D eigenvalue weighted by atomic mass is 9.97. The number of rotatable bonds is 5. The van der Waals surface area contributed by atoms with E-state index in [-0.39, 0.29) is 5.91 Å². The number of amides is 1. The molecule has 2 atom stereocenters. The largest absolute Gasteiger partial charge is 0.352 e. The van der Waals surface area contributed by atoms with Crippen molar-refractivity contribution in [2.75, 3.05) is 19.6 Å². The van der Waals surface area contributed by atoms with Crippen molar-refractivity contribution in [3.8, 4) is 0 Å². The molecule has 3 nitrogen and oxygen atoms in total. The monoisotopic (exact) mass is 274 g/mol. The molecule has 0 aromatic heterocycles. The lowest BCUT2D eigenvalue weighted by molar-refractivity contribution is -0.120. The smallest absolute Gasteiger partial charge is 0.217 e. The number of nitrogens with zero attached hydrogens (tertiary/aromatic N) is 1. The van der Waals surface area contributed by atoms with E-state index >= 15 is 0 Å².